The van der Waals surface area contributed by atoms with E-state index in [1.807, 2.05) is 68.7 Å². The lowest BCUT2D eigenvalue weighted by Gasteiger charge is -2.18. The number of unbranched alkanes of at least 4 members (excludes halogenated alkanes) is 1. The van der Waals surface area contributed by atoms with Crippen LogP contribution in [0.2, 0.25) is 0 Å². The molecule has 2 aromatic rings. The van der Waals surface area contributed by atoms with Gasteiger partial charge in [-0.2, -0.15) is 0 Å². The van der Waals surface area contributed by atoms with Crippen molar-refractivity contribution < 1.29 is 9.90 Å². The van der Waals surface area contributed by atoms with Crippen molar-refractivity contribution in [2.24, 2.45) is 5.73 Å². The maximum Gasteiger partial charge on any atom is 0.224 e. The normalized spacial score (nSPS) is 13.6. The second-order valence-electron chi connectivity index (χ2n) is 6.74. The van der Waals surface area contributed by atoms with Gasteiger partial charge in [-0.05, 0) is 50.2 Å². The number of amides is 1. The summed E-state index contributed by atoms with van der Waals surface area (Å²) in [7, 11) is 4.08. The van der Waals surface area contributed by atoms with Crippen molar-refractivity contribution in [1.82, 2.24) is 4.90 Å². The average Bonchev–Trinajstić information content (AvgIpc) is 2.61. The number of primary amides is 1. The predicted octanol–water partition coefficient (Wildman–Crippen LogP) is 3.07. The summed E-state index contributed by atoms with van der Waals surface area (Å²) in [6.45, 7) is 0.998. The number of aliphatic hydroxyl groups excluding tert-OH is 1. The van der Waals surface area contributed by atoms with Crippen LogP contribution in [0.3, 0.4) is 0 Å². The zero-order chi connectivity index (χ0) is 18.2. The molecule has 0 aliphatic carbocycles. The van der Waals surface area contributed by atoms with E-state index in [0.717, 1.165) is 42.5 Å². The third-order valence-corrected chi connectivity index (χ3v) is 4.44. The molecule has 0 saturated carbocycles. The van der Waals surface area contributed by atoms with Gasteiger partial charge in [0.1, 0.15) is 6.10 Å². The Hall–Kier alpha value is -2.17. The highest BCUT2D eigenvalue weighted by atomic mass is 16.3. The lowest BCUT2D eigenvalue weighted by molar-refractivity contribution is -0.119. The third-order valence-electron chi connectivity index (χ3n) is 4.44. The van der Waals surface area contributed by atoms with Gasteiger partial charge in [-0.15, -0.1) is 0 Å². The van der Waals surface area contributed by atoms with Crippen molar-refractivity contribution in [3.8, 4) is 0 Å². The Morgan fingerprint density at radius 3 is 2.28 bits per heavy atom. The van der Waals surface area contributed by atoms with E-state index in [1.54, 1.807) is 0 Å². The number of rotatable bonds is 9. The van der Waals surface area contributed by atoms with Crippen LogP contribution in [0.4, 0.5) is 0 Å². The molecule has 4 heteroatoms. The van der Waals surface area contributed by atoms with Crippen LogP contribution in [0, 0.1) is 0 Å². The van der Waals surface area contributed by atoms with Crippen LogP contribution in [-0.4, -0.2) is 36.6 Å². The molecule has 134 valence electrons. The Labute approximate surface area is 150 Å². The van der Waals surface area contributed by atoms with E-state index in [4.69, 9.17) is 5.73 Å². The van der Waals surface area contributed by atoms with Crippen molar-refractivity contribution >= 4 is 5.91 Å². The van der Waals surface area contributed by atoms with Gasteiger partial charge in [0, 0.05) is 0 Å². The molecular weight excluding hydrogens is 312 g/mol. The Bertz CT molecular complexity index is 671. The van der Waals surface area contributed by atoms with E-state index in [-0.39, 0.29) is 11.8 Å². The molecule has 0 saturated heterocycles. The minimum atomic E-state index is -0.705. The lowest BCUT2D eigenvalue weighted by atomic mass is 9.90. The summed E-state index contributed by atoms with van der Waals surface area (Å²) in [5.41, 5.74) is 8.13. The highest BCUT2D eigenvalue weighted by Gasteiger charge is 2.19. The standard InChI is InChI=1S/C21H28N2O2/c1-23(2)14-7-6-13-19(21(22)25)17-11-8-12-18(15-17)20(24)16-9-4-3-5-10-16/h3-5,8-12,15,19-20,24H,6-7,13-14H2,1-2H3,(H2,22,25). The summed E-state index contributed by atoms with van der Waals surface area (Å²) in [5.74, 6) is -0.624. The highest BCUT2D eigenvalue weighted by molar-refractivity contribution is 5.81. The van der Waals surface area contributed by atoms with Crippen LogP contribution in [0.5, 0.6) is 0 Å². The summed E-state index contributed by atoms with van der Waals surface area (Å²) in [5, 5.41) is 10.6. The highest BCUT2D eigenvalue weighted by Crippen LogP contribution is 2.27. The average molecular weight is 340 g/mol. The second-order valence-corrected chi connectivity index (χ2v) is 6.74. The fraction of sp³-hybridized carbons (Fsp3) is 0.381. The van der Waals surface area contributed by atoms with E-state index in [9.17, 15) is 9.90 Å². The van der Waals surface area contributed by atoms with Crippen LogP contribution >= 0.6 is 0 Å². The largest absolute Gasteiger partial charge is 0.384 e. The molecule has 0 fully saturated rings. The van der Waals surface area contributed by atoms with Crippen LogP contribution in [0.25, 0.3) is 0 Å². The van der Waals surface area contributed by atoms with Gasteiger partial charge in [0.15, 0.2) is 0 Å². The van der Waals surface area contributed by atoms with Crippen LogP contribution in [0.15, 0.2) is 54.6 Å². The number of carbonyl (C=O) groups is 1. The SMILES string of the molecule is CN(C)CCCCC(C(N)=O)c1cccc(C(O)c2ccccc2)c1. The monoisotopic (exact) mass is 340 g/mol. The molecular formula is C21H28N2O2. The molecule has 2 atom stereocenters. The zero-order valence-corrected chi connectivity index (χ0v) is 15.1. The van der Waals surface area contributed by atoms with Crippen LogP contribution in [-0.2, 0) is 4.79 Å². The number of hydrogen-bond acceptors (Lipinski definition) is 3. The number of nitrogens with zero attached hydrogens (tertiary/aromatic N) is 1. The van der Waals surface area contributed by atoms with E-state index >= 15 is 0 Å². The van der Waals surface area contributed by atoms with E-state index in [0.29, 0.717) is 0 Å². The van der Waals surface area contributed by atoms with Gasteiger partial charge in [-0.25, -0.2) is 0 Å². The number of nitrogens with two attached hydrogens (primary N) is 1. The maximum absolute atomic E-state index is 11.9. The Morgan fingerprint density at radius 1 is 1.00 bits per heavy atom. The molecule has 3 N–H and O–H groups in total. The molecule has 0 bridgehead atoms. The first-order valence-electron chi connectivity index (χ1n) is 8.76. The predicted molar refractivity (Wildman–Crippen MR) is 101 cm³/mol. The Kier molecular flexibility index (Phi) is 7.16. The first kappa shape index (κ1) is 19.2. The van der Waals surface area contributed by atoms with Crippen molar-refractivity contribution in [3.63, 3.8) is 0 Å². The van der Waals surface area contributed by atoms with E-state index in [1.165, 1.54) is 0 Å². The van der Waals surface area contributed by atoms with Crippen LogP contribution in [0.1, 0.15) is 48.0 Å². The number of carbonyl (C=O) groups excluding carboxylic acids is 1. The minimum Gasteiger partial charge on any atom is -0.384 e. The molecule has 25 heavy (non-hydrogen) atoms. The Balaban J connectivity index is 2.12. The van der Waals surface area contributed by atoms with Crippen molar-refractivity contribution in [2.45, 2.75) is 31.3 Å². The Morgan fingerprint density at radius 2 is 1.64 bits per heavy atom. The fourth-order valence-corrected chi connectivity index (χ4v) is 3.02. The molecule has 2 unspecified atom stereocenters. The van der Waals surface area contributed by atoms with Gasteiger partial charge < -0.3 is 15.7 Å². The van der Waals surface area contributed by atoms with Gasteiger partial charge in [-0.3, -0.25) is 4.79 Å². The maximum atomic E-state index is 11.9. The molecule has 0 heterocycles. The summed E-state index contributed by atoms with van der Waals surface area (Å²) < 4.78 is 0. The van der Waals surface area contributed by atoms with E-state index in [2.05, 4.69) is 4.90 Å². The zero-order valence-electron chi connectivity index (χ0n) is 15.1. The van der Waals surface area contributed by atoms with Crippen molar-refractivity contribution in [3.05, 3.63) is 71.3 Å². The summed E-state index contributed by atoms with van der Waals surface area (Å²) >= 11 is 0. The van der Waals surface area contributed by atoms with Gasteiger partial charge >= 0.3 is 0 Å². The topological polar surface area (TPSA) is 66.6 Å². The smallest absolute Gasteiger partial charge is 0.224 e. The number of aliphatic hydroxyl groups is 1. The molecule has 0 aromatic heterocycles. The first-order chi connectivity index (χ1) is 12.0. The molecule has 2 rings (SSSR count). The summed E-state index contributed by atoms with van der Waals surface area (Å²) in [6.07, 6.45) is 2.00. The third kappa shape index (κ3) is 5.69. The lowest BCUT2D eigenvalue weighted by Crippen LogP contribution is -2.22. The molecule has 0 aliphatic rings. The molecule has 0 spiro atoms. The van der Waals surface area contributed by atoms with Crippen molar-refractivity contribution in [2.75, 3.05) is 20.6 Å². The summed E-state index contributed by atoms with van der Waals surface area (Å²) in [6, 6.07) is 17.1. The van der Waals surface area contributed by atoms with Crippen molar-refractivity contribution in [1.29, 1.82) is 0 Å². The minimum absolute atomic E-state index is 0.309. The number of benzene rings is 2. The summed E-state index contributed by atoms with van der Waals surface area (Å²) in [4.78, 5) is 14.1. The van der Waals surface area contributed by atoms with Gasteiger partial charge in [0.05, 0.1) is 5.92 Å². The molecule has 2 aromatic carbocycles. The van der Waals surface area contributed by atoms with Gasteiger partial charge in [-0.1, -0.05) is 61.0 Å². The molecule has 4 nitrogen and oxygen atoms in total. The quantitative estimate of drug-likeness (QED) is 0.690. The molecule has 1 amide bonds. The first-order valence-corrected chi connectivity index (χ1v) is 8.76. The molecule has 0 radical (unpaired) electrons. The van der Waals surface area contributed by atoms with Crippen LogP contribution < -0.4 is 5.73 Å². The van der Waals surface area contributed by atoms with E-state index < -0.39 is 6.10 Å². The fourth-order valence-electron chi connectivity index (χ4n) is 3.02. The van der Waals surface area contributed by atoms with Gasteiger partial charge in [0.2, 0.25) is 5.91 Å². The molecule has 0 aliphatic heterocycles. The van der Waals surface area contributed by atoms with Gasteiger partial charge in [0.25, 0.3) is 0 Å². The number of hydrogen-bond donors (Lipinski definition) is 2. The second kappa shape index (κ2) is 9.35.